The van der Waals surface area contributed by atoms with Gasteiger partial charge in [0.1, 0.15) is 0 Å². The summed E-state index contributed by atoms with van der Waals surface area (Å²) >= 11 is 5.29. The number of rotatable bonds is 7. The first-order valence-electron chi connectivity index (χ1n) is 6.50. The Morgan fingerprint density at radius 2 is 2.00 bits per heavy atom. The van der Waals surface area contributed by atoms with Gasteiger partial charge in [0, 0.05) is 25.9 Å². The number of benzene rings is 1. The number of aliphatic imine (C=N–C) groups is 1. The number of thioether (sulfide) groups is 1. The van der Waals surface area contributed by atoms with E-state index in [0.29, 0.717) is 18.0 Å². The topological polar surface area (TPSA) is 54.9 Å². The number of guanidine groups is 1. The van der Waals surface area contributed by atoms with Gasteiger partial charge in [0.15, 0.2) is 17.5 Å². The first-order valence-corrected chi connectivity index (χ1v) is 8.68. The summed E-state index contributed by atoms with van der Waals surface area (Å²) in [5, 5.41) is 6.53. The molecule has 1 aromatic rings. The SMILES string of the molecule is CN=C(NCCSC)NCc1cc(Br)c(OC)c(OC)c1.I. The maximum Gasteiger partial charge on any atom is 0.191 e. The molecule has 1 aromatic carbocycles. The van der Waals surface area contributed by atoms with Crippen LogP contribution >= 0.6 is 51.7 Å². The quantitative estimate of drug-likeness (QED) is 0.259. The first kappa shape index (κ1) is 21.6. The van der Waals surface area contributed by atoms with Gasteiger partial charge in [-0.15, -0.1) is 24.0 Å². The summed E-state index contributed by atoms with van der Waals surface area (Å²) in [4.78, 5) is 4.19. The smallest absolute Gasteiger partial charge is 0.191 e. The molecule has 22 heavy (non-hydrogen) atoms. The Kier molecular flexibility index (Phi) is 11.9. The van der Waals surface area contributed by atoms with Crippen LogP contribution in [0.25, 0.3) is 0 Å². The van der Waals surface area contributed by atoms with E-state index < -0.39 is 0 Å². The average molecular weight is 504 g/mol. The van der Waals surface area contributed by atoms with Gasteiger partial charge < -0.3 is 20.1 Å². The van der Waals surface area contributed by atoms with Gasteiger partial charge in [-0.1, -0.05) is 0 Å². The van der Waals surface area contributed by atoms with Crippen LogP contribution in [0.15, 0.2) is 21.6 Å². The van der Waals surface area contributed by atoms with Crippen LogP contribution in [0.3, 0.4) is 0 Å². The molecule has 1 rings (SSSR count). The van der Waals surface area contributed by atoms with E-state index in [4.69, 9.17) is 9.47 Å². The summed E-state index contributed by atoms with van der Waals surface area (Å²) in [6.07, 6.45) is 2.08. The molecule has 8 heteroatoms. The number of nitrogens with one attached hydrogen (secondary N) is 2. The maximum atomic E-state index is 5.34. The van der Waals surface area contributed by atoms with Crippen molar-refractivity contribution >= 4 is 57.6 Å². The Hall–Kier alpha value is -0.350. The van der Waals surface area contributed by atoms with Crippen molar-refractivity contribution in [1.29, 1.82) is 0 Å². The van der Waals surface area contributed by atoms with Gasteiger partial charge in [-0.25, -0.2) is 0 Å². The zero-order valence-electron chi connectivity index (χ0n) is 13.2. The number of ether oxygens (including phenoxy) is 2. The van der Waals surface area contributed by atoms with Crippen molar-refractivity contribution in [1.82, 2.24) is 10.6 Å². The lowest BCUT2D eigenvalue weighted by Crippen LogP contribution is -2.37. The molecule has 0 atom stereocenters. The predicted molar refractivity (Wildman–Crippen MR) is 109 cm³/mol. The fourth-order valence-electron chi connectivity index (χ4n) is 1.75. The van der Waals surface area contributed by atoms with Gasteiger partial charge in [0.25, 0.3) is 0 Å². The monoisotopic (exact) mass is 503 g/mol. The molecule has 0 fully saturated rings. The molecule has 0 spiro atoms. The molecule has 0 aliphatic carbocycles. The van der Waals surface area contributed by atoms with E-state index in [9.17, 15) is 0 Å². The number of nitrogens with zero attached hydrogens (tertiary/aromatic N) is 1. The largest absolute Gasteiger partial charge is 0.493 e. The van der Waals surface area contributed by atoms with Crippen molar-refractivity contribution < 1.29 is 9.47 Å². The zero-order chi connectivity index (χ0) is 15.7. The minimum Gasteiger partial charge on any atom is -0.493 e. The molecular weight excluding hydrogens is 481 g/mol. The molecule has 0 saturated heterocycles. The molecule has 0 radical (unpaired) electrons. The van der Waals surface area contributed by atoms with Gasteiger partial charge in [0.2, 0.25) is 0 Å². The van der Waals surface area contributed by atoms with Crippen LogP contribution in [0.4, 0.5) is 0 Å². The molecule has 0 saturated carbocycles. The van der Waals surface area contributed by atoms with E-state index in [-0.39, 0.29) is 24.0 Å². The van der Waals surface area contributed by atoms with E-state index in [1.807, 2.05) is 12.1 Å². The van der Waals surface area contributed by atoms with Crippen molar-refractivity contribution in [2.75, 3.05) is 39.8 Å². The molecule has 0 heterocycles. The lowest BCUT2D eigenvalue weighted by atomic mass is 10.2. The highest BCUT2D eigenvalue weighted by molar-refractivity contribution is 14.0. The van der Waals surface area contributed by atoms with E-state index in [1.165, 1.54) is 0 Å². The van der Waals surface area contributed by atoms with Crippen LogP contribution in [-0.2, 0) is 6.54 Å². The van der Waals surface area contributed by atoms with Crippen LogP contribution in [-0.4, -0.2) is 45.8 Å². The third-order valence-electron chi connectivity index (χ3n) is 2.78. The van der Waals surface area contributed by atoms with Crippen LogP contribution < -0.4 is 20.1 Å². The minimum atomic E-state index is 0. The highest BCUT2D eigenvalue weighted by Gasteiger charge is 2.10. The van der Waals surface area contributed by atoms with Crippen LogP contribution in [0.5, 0.6) is 11.5 Å². The third kappa shape index (κ3) is 6.82. The van der Waals surface area contributed by atoms with Gasteiger partial charge in [-0.3, -0.25) is 4.99 Å². The highest BCUT2D eigenvalue weighted by atomic mass is 127. The molecular formula is C14H23BrIN3O2S. The van der Waals surface area contributed by atoms with Gasteiger partial charge in [0.05, 0.1) is 18.7 Å². The standard InChI is InChI=1S/C14H22BrN3O2S.HI/c1-16-14(17-5-6-21-4)18-9-10-7-11(15)13(20-3)12(8-10)19-2;/h7-8H,5-6,9H2,1-4H3,(H2,16,17,18);1H. The normalized spacial score (nSPS) is 10.7. The Balaban J connectivity index is 0.00000441. The summed E-state index contributed by atoms with van der Waals surface area (Å²) in [6.45, 7) is 1.54. The lowest BCUT2D eigenvalue weighted by molar-refractivity contribution is 0.352. The fourth-order valence-corrected chi connectivity index (χ4v) is 2.71. The van der Waals surface area contributed by atoms with Gasteiger partial charge in [-0.05, 0) is 39.9 Å². The zero-order valence-corrected chi connectivity index (χ0v) is 18.0. The Morgan fingerprint density at radius 3 is 2.55 bits per heavy atom. The van der Waals surface area contributed by atoms with Crippen LogP contribution in [0, 0.1) is 0 Å². The second-order valence-electron chi connectivity index (χ2n) is 4.16. The first-order chi connectivity index (χ1) is 10.2. The molecule has 0 amide bonds. The van der Waals surface area contributed by atoms with Gasteiger partial charge >= 0.3 is 0 Å². The van der Waals surface area contributed by atoms with Crippen molar-refractivity contribution in [3.63, 3.8) is 0 Å². The molecule has 0 aliphatic rings. The Morgan fingerprint density at radius 1 is 1.27 bits per heavy atom. The lowest BCUT2D eigenvalue weighted by Gasteiger charge is -2.14. The molecule has 5 nitrogen and oxygen atoms in total. The van der Waals surface area contributed by atoms with E-state index in [2.05, 4.69) is 37.8 Å². The summed E-state index contributed by atoms with van der Waals surface area (Å²) in [7, 11) is 5.02. The second kappa shape index (κ2) is 12.1. The van der Waals surface area contributed by atoms with Crippen molar-refractivity contribution in [2.24, 2.45) is 4.99 Å². The van der Waals surface area contributed by atoms with Crippen LogP contribution in [0.1, 0.15) is 5.56 Å². The van der Waals surface area contributed by atoms with E-state index in [1.54, 1.807) is 33.0 Å². The molecule has 0 aliphatic heterocycles. The van der Waals surface area contributed by atoms with Crippen LogP contribution in [0.2, 0.25) is 0 Å². The Bertz CT molecular complexity index is 489. The molecule has 2 N–H and O–H groups in total. The number of hydrogen-bond donors (Lipinski definition) is 2. The third-order valence-corrected chi connectivity index (χ3v) is 3.98. The maximum absolute atomic E-state index is 5.34. The van der Waals surface area contributed by atoms with Crippen molar-refractivity contribution in [3.8, 4) is 11.5 Å². The summed E-state index contributed by atoms with van der Waals surface area (Å²) in [5.74, 6) is 3.23. The molecule has 0 aromatic heterocycles. The fraction of sp³-hybridized carbons (Fsp3) is 0.500. The van der Waals surface area contributed by atoms with Gasteiger partial charge in [-0.2, -0.15) is 11.8 Å². The highest BCUT2D eigenvalue weighted by Crippen LogP contribution is 2.36. The van der Waals surface area contributed by atoms with Crippen molar-refractivity contribution in [3.05, 3.63) is 22.2 Å². The summed E-state index contributed by atoms with van der Waals surface area (Å²) in [6, 6.07) is 3.95. The van der Waals surface area contributed by atoms with E-state index >= 15 is 0 Å². The molecule has 126 valence electrons. The number of hydrogen-bond acceptors (Lipinski definition) is 4. The minimum absolute atomic E-state index is 0. The molecule has 0 unspecified atom stereocenters. The summed E-state index contributed by atoms with van der Waals surface area (Å²) in [5.41, 5.74) is 1.08. The summed E-state index contributed by atoms with van der Waals surface area (Å²) < 4.78 is 11.5. The predicted octanol–water partition coefficient (Wildman–Crippen LogP) is 3.11. The molecule has 0 bridgehead atoms. The van der Waals surface area contributed by atoms with E-state index in [0.717, 1.165) is 28.3 Å². The Labute approximate surface area is 162 Å². The van der Waals surface area contributed by atoms with Crippen molar-refractivity contribution in [2.45, 2.75) is 6.54 Å². The average Bonchev–Trinajstić information content (AvgIpc) is 2.50. The second-order valence-corrected chi connectivity index (χ2v) is 6.00. The number of methoxy groups -OCH3 is 2. The number of halogens is 2.